The molecule has 0 radical (unpaired) electrons. The molecule has 0 aromatic heterocycles. The molecule has 3 aromatic carbocycles. The van der Waals surface area contributed by atoms with Crippen LogP contribution >= 0.6 is 0 Å². The second kappa shape index (κ2) is 6.05. The maximum absolute atomic E-state index is 13.3. The summed E-state index contributed by atoms with van der Waals surface area (Å²) in [5.74, 6) is 0.654. The van der Waals surface area contributed by atoms with Gasteiger partial charge in [-0.25, -0.2) is 0 Å². The number of allylic oxidation sites excluding steroid dienone is 1. The summed E-state index contributed by atoms with van der Waals surface area (Å²) in [7, 11) is 0. The third-order valence-corrected chi connectivity index (χ3v) is 6.75. The highest BCUT2D eigenvalue weighted by molar-refractivity contribution is 5.95. The summed E-state index contributed by atoms with van der Waals surface area (Å²) in [5, 5.41) is 0. The van der Waals surface area contributed by atoms with Crippen LogP contribution in [0.5, 0.6) is 0 Å². The van der Waals surface area contributed by atoms with E-state index in [0.717, 1.165) is 5.56 Å². The molecule has 4 aliphatic rings. The number of benzene rings is 3. The molecule has 3 aromatic rings. The zero-order valence-electron chi connectivity index (χ0n) is 16.0. The van der Waals surface area contributed by atoms with E-state index < -0.39 is 0 Å². The van der Waals surface area contributed by atoms with Gasteiger partial charge in [0.2, 0.25) is 0 Å². The molecule has 3 atom stereocenters. The van der Waals surface area contributed by atoms with Crippen molar-refractivity contribution < 1.29 is 4.79 Å². The van der Waals surface area contributed by atoms with Gasteiger partial charge in [-0.3, -0.25) is 4.79 Å². The van der Waals surface area contributed by atoms with Gasteiger partial charge in [0.25, 0.3) is 5.91 Å². The summed E-state index contributed by atoms with van der Waals surface area (Å²) >= 11 is 0. The zero-order chi connectivity index (χ0) is 19.4. The van der Waals surface area contributed by atoms with Crippen LogP contribution in [0.4, 0.5) is 0 Å². The molecule has 3 unspecified atom stereocenters. The molecule has 3 aliphatic carbocycles. The van der Waals surface area contributed by atoms with Crippen molar-refractivity contribution in [1.29, 1.82) is 0 Å². The zero-order valence-corrected chi connectivity index (χ0v) is 16.0. The average molecular weight is 375 g/mol. The lowest BCUT2D eigenvalue weighted by atomic mass is 9.54. The van der Waals surface area contributed by atoms with Crippen molar-refractivity contribution in [3.63, 3.8) is 0 Å². The maximum atomic E-state index is 13.3. The van der Waals surface area contributed by atoms with Crippen molar-refractivity contribution >= 4 is 5.91 Å². The molecule has 140 valence electrons. The fourth-order valence-electron chi connectivity index (χ4n) is 5.50. The van der Waals surface area contributed by atoms with Gasteiger partial charge in [0.05, 0.1) is 5.41 Å². The molecule has 0 saturated carbocycles. The summed E-state index contributed by atoms with van der Waals surface area (Å²) in [4.78, 5) is 15.2. The maximum Gasteiger partial charge on any atom is 0.257 e. The van der Waals surface area contributed by atoms with Crippen molar-refractivity contribution in [2.24, 2.45) is 0 Å². The van der Waals surface area contributed by atoms with Crippen molar-refractivity contribution in [2.45, 2.75) is 17.3 Å². The van der Waals surface area contributed by atoms with Crippen molar-refractivity contribution in [2.75, 3.05) is 6.54 Å². The van der Waals surface area contributed by atoms with Crippen LogP contribution < -0.4 is 0 Å². The van der Waals surface area contributed by atoms with Gasteiger partial charge in [-0.05, 0) is 34.4 Å². The predicted octanol–water partition coefficient (Wildman–Crippen LogP) is 5.42. The smallest absolute Gasteiger partial charge is 0.257 e. The first-order valence-corrected chi connectivity index (χ1v) is 10.2. The SMILES string of the molecule is O=C(c1ccccc1)N1C=C2C(c3ccccc3)C3C=CC2(C1)c1ccccc13. The van der Waals surface area contributed by atoms with Crippen LogP contribution in [0.3, 0.4) is 0 Å². The Morgan fingerprint density at radius 3 is 2.34 bits per heavy atom. The Balaban J connectivity index is 1.53. The lowest BCUT2D eigenvalue weighted by Gasteiger charge is -2.48. The van der Waals surface area contributed by atoms with Gasteiger partial charge in [-0.1, -0.05) is 84.9 Å². The van der Waals surface area contributed by atoms with Crippen LogP contribution in [-0.4, -0.2) is 17.4 Å². The van der Waals surface area contributed by atoms with E-state index in [-0.39, 0.29) is 17.2 Å². The van der Waals surface area contributed by atoms with E-state index in [0.29, 0.717) is 12.5 Å². The second-order valence-corrected chi connectivity index (χ2v) is 8.22. The normalized spacial score (nSPS) is 26.1. The summed E-state index contributed by atoms with van der Waals surface area (Å²) in [6, 6.07) is 29.1. The molecule has 29 heavy (non-hydrogen) atoms. The van der Waals surface area contributed by atoms with Crippen LogP contribution in [0.25, 0.3) is 0 Å². The Morgan fingerprint density at radius 1 is 0.862 bits per heavy atom. The average Bonchev–Trinajstić information content (AvgIpc) is 3.20. The fourth-order valence-corrected chi connectivity index (χ4v) is 5.50. The van der Waals surface area contributed by atoms with Gasteiger partial charge >= 0.3 is 0 Å². The third-order valence-electron chi connectivity index (χ3n) is 6.75. The van der Waals surface area contributed by atoms with Crippen LogP contribution in [0.15, 0.2) is 109 Å². The first-order chi connectivity index (χ1) is 14.3. The van der Waals surface area contributed by atoms with Gasteiger partial charge in [0, 0.05) is 30.1 Å². The van der Waals surface area contributed by atoms with E-state index in [2.05, 4.69) is 72.9 Å². The van der Waals surface area contributed by atoms with E-state index in [1.165, 1.54) is 22.3 Å². The molecule has 2 bridgehead atoms. The van der Waals surface area contributed by atoms with Gasteiger partial charge in [-0.2, -0.15) is 0 Å². The minimum Gasteiger partial charge on any atom is -0.313 e. The molecule has 2 nitrogen and oxygen atoms in total. The van der Waals surface area contributed by atoms with Crippen LogP contribution in [0, 0.1) is 0 Å². The molecular weight excluding hydrogens is 354 g/mol. The molecule has 0 fully saturated rings. The van der Waals surface area contributed by atoms with Gasteiger partial charge in [0.1, 0.15) is 0 Å². The van der Waals surface area contributed by atoms with E-state index in [4.69, 9.17) is 0 Å². The molecule has 1 aliphatic heterocycles. The van der Waals surface area contributed by atoms with E-state index in [9.17, 15) is 4.79 Å². The van der Waals surface area contributed by atoms with Crippen LogP contribution in [-0.2, 0) is 5.41 Å². The highest BCUT2D eigenvalue weighted by Crippen LogP contribution is 2.60. The van der Waals surface area contributed by atoms with Crippen LogP contribution in [0.1, 0.15) is 38.9 Å². The summed E-state index contributed by atoms with van der Waals surface area (Å²) in [5.41, 5.74) is 5.93. The lowest BCUT2D eigenvalue weighted by molar-refractivity contribution is 0.0823. The minimum atomic E-state index is -0.226. The van der Waals surface area contributed by atoms with Crippen molar-refractivity contribution in [3.05, 3.63) is 131 Å². The molecular formula is C27H21NO. The lowest BCUT2D eigenvalue weighted by Crippen LogP contribution is -2.43. The second-order valence-electron chi connectivity index (χ2n) is 8.22. The highest BCUT2D eigenvalue weighted by atomic mass is 16.2. The van der Waals surface area contributed by atoms with Crippen molar-refractivity contribution in [3.8, 4) is 0 Å². The predicted molar refractivity (Wildman–Crippen MR) is 115 cm³/mol. The first-order valence-electron chi connectivity index (χ1n) is 10.2. The highest BCUT2D eigenvalue weighted by Gasteiger charge is 2.54. The molecule has 2 heteroatoms. The Hall–Kier alpha value is -3.39. The number of hydrogen-bond donors (Lipinski definition) is 0. The molecule has 0 saturated heterocycles. The quantitative estimate of drug-likeness (QED) is 0.548. The Kier molecular flexibility index (Phi) is 3.45. The third kappa shape index (κ3) is 2.26. The summed E-state index contributed by atoms with van der Waals surface area (Å²) in [6.07, 6.45) is 6.86. The summed E-state index contributed by atoms with van der Waals surface area (Å²) in [6.45, 7) is 0.666. The molecule has 1 amide bonds. The van der Waals surface area contributed by atoms with Gasteiger partial charge < -0.3 is 4.90 Å². The number of carbonyl (C=O) groups is 1. The standard InChI is InChI=1S/C27H21NO/c29-26(20-11-5-2-6-12-20)28-17-24-25(19-9-3-1-4-10-19)22-15-16-27(24,18-28)23-14-8-7-13-21(22)23/h1-17,22,25H,18H2. The van der Waals surface area contributed by atoms with Crippen LogP contribution in [0.2, 0.25) is 0 Å². The Labute approximate surface area is 170 Å². The van der Waals surface area contributed by atoms with Gasteiger partial charge in [-0.15, -0.1) is 0 Å². The van der Waals surface area contributed by atoms with E-state index in [1.807, 2.05) is 35.2 Å². The number of nitrogens with zero attached hydrogens (tertiary/aromatic N) is 1. The minimum absolute atomic E-state index is 0.0722. The molecule has 7 rings (SSSR count). The monoisotopic (exact) mass is 375 g/mol. The largest absolute Gasteiger partial charge is 0.313 e. The molecule has 0 N–H and O–H groups in total. The van der Waals surface area contributed by atoms with Crippen molar-refractivity contribution in [1.82, 2.24) is 4.90 Å². The first kappa shape index (κ1) is 16.6. The summed E-state index contributed by atoms with van der Waals surface area (Å²) < 4.78 is 0. The molecule has 1 heterocycles. The topological polar surface area (TPSA) is 20.3 Å². The van der Waals surface area contributed by atoms with E-state index >= 15 is 0 Å². The number of amides is 1. The number of rotatable bonds is 2. The number of carbonyl (C=O) groups excluding carboxylic acids is 1. The van der Waals surface area contributed by atoms with Gasteiger partial charge in [0.15, 0.2) is 0 Å². The Morgan fingerprint density at radius 2 is 1.55 bits per heavy atom. The Bertz CT molecular complexity index is 1160. The van der Waals surface area contributed by atoms with E-state index in [1.54, 1.807) is 0 Å². The molecule has 1 spiro atoms. The fraction of sp³-hybridized carbons (Fsp3) is 0.148. The number of hydrogen-bond acceptors (Lipinski definition) is 1.